The molecule has 1 unspecified atom stereocenters. The Morgan fingerprint density at radius 2 is 2.33 bits per heavy atom. The number of rotatable bonds is 2. The van der Waals surface area contributed by atoms with Crippen LogP contribution in [0.4, 0.5) is 0 Å². The van der Waals surface area contributed by atoms with Crippen molar-refractivity contribution in [2.24, 2.45) is 5.92 Å². The van der Waals surface area contributed by atoms with Gasteiger partial charge in [0, 0.05) is 6.54 Å². The molecule has 0 amide bonds. The molecule has 1 aliphatic rings. The lowest BCUT2D eigenvalue weighted by molar-refractivity contribution is 0.337. The SMILES string of the molecule is O=c1[nH]c2c(O)cccc2n1CC1CCCNC1. The van der Waals surface area contributed by atoms with Crippen molar-refractivity contribution in [3.05, 3.63) is 28.7 Å². The molecule has 5 nitrogen and oxygen atoms in total. The number of fused-ring (bicyclic) bond motifs is 1. The number of phenolic OH excluding ortho intramolecular Hbond substituents is 1. The summed E-state index contributed by atoms with van der Waals surface area (Å²) in [6.07, 6.45) is 2.30. The van der Waals surface area contributed by atoms with Crippen LogP contribution in [0.25, 0.3) is 11.0 Å². The number of para-hydroxylation sites is 1. The molecule has 0 bridgehead atoms. The van der Waals surface area contributed by atoms with Crippen molar-refractivity contribution in [1.29, 1.82) is 0 Å². The van der Waals surface area contributed by atoms with E-state index in [1.54, 1.807) is 16.7 Å². The van der Waals surface area contributed by atoms with E-state index >= 15 is 0 Å². The van der Waals surface area contributed by atoms with Crippen molar-refractivity contribution in [3.8, 4) is 5.75 Å². The van der Waals surface area contributed by atoms with Gasteiger partial charge in [-0.2, -0.15) is 0 Å². The van der Waals surface area contributed by atoms with Crippen LogP contribution in [-0.2, 0) is 6.54 Å². The Morgan fingerprint density at radius 1 is 1.44 bits per heavy atom. The fourth-order valence-electron chi connectivity index (χ4n) is 2.68. The van der Waals surface area contributed by atoms with Crippen LogP contribution in [0.2, 0.25) is 0 Å². The number of imidazole rings is 1. The smallest absolute Gasteiger partial charge is 0.326 e. The van der Waals surface area contributed by atoms with Crippen molar-refractivity contribution in [2.75, 3.05) is 13.1 Å². The molecule has 1 atom stereocenters. The highest BCUT2D eigenvalue weighted by Crippen LogP contribution is 2.22. The van der Waals surface area contributed by atoms with E-state index in [0.717, 1.165) is 31.4 Å². The second-order valence-corrected chi connectivity index (χ2v) is 4.92. The Kier molecular flexibility index (Phi) is 2.83. The number of hydrogen-bond donors (Lipinski definition) is 3. The van der Waals surface area contributed by atoms with E-state index in [2.05, 4.69) is 10.3 Å². The molecule has 1 aromatic heterocycles. The van der Waals surface area contributed by atoms with Crippen molar-refractivity contribution in [1.82, 2.24) is 14.9 Å². The maximum absolute atomic E-state index is 11.9. The standard InChI is InChI=1S/C13H17N3O2/c17-11-5-1-4-10-12(11)15-13(18)16(10)8-9-3-2-6-14-7-9/h1,4-5,9,14,17H,2-3,6-8H2,(H,15,18). The first-order chi connectivity index (χ1) is 8.75. The largest absolute Gasteiger partial charge is 0.506 e. The van der Waals surface area contributed by atoms with E-state index < -0.39 is 0 Å². The van der Waals surface area contributed by atoms with Crippen LogP contribution in [0.5, 0.6) is 5.75 Å². The number of piperidine rings is 1. The van der Waals surface area contributed by atoms with Crippen molar-refractivity contribution >= 4 is 11.0 Å². The van der Waals surface area contributed by atoms with Crippen LogP contribution >= 0.6 is 0 Å². The molecule has 5 heteroatoms. The van der Waals surface area contributed by atoms with Crippen LogP contribution in [0.15, 0.2) is 23.0 Å². The second-order valence-electron chi connectivity index (χ2n) is 4.92. The van der Waals surface area contributed by atoms with Gasteiger partial charge in [-0.15, -0.1) is 0 Å². The third-order valence-corrected chi connectivity index (χ3v) is 3.63. The minimum Gasteiger partial charge on any atom is -0.506 e. The highest BCUT2D eigenvalue weighted by molar-refractivity contribution is 5.81. The molecule has 2 heterocycles. The summed E-state index contributed by atoms with van der Waals surface area (Å²) in [4.78, 5) is 14.7. The topological polar surface area (TPSA) is 70.0 Å². The summed E-state index contributed by atoms with van der Waals surface area (Å²) in [7, 11) is 0. The Balaban J connectivity index is 1.98. The Bertz CT molecular complexity index is 608. The van der Waals surface area contributed by atoms with Gasteiger partial charge in [0.2, 0.25) is 0 Å². The van der Waals surface area contributed by atoms with Crippen molar-refractivity contribution in [3.63, 3.8) is 0 Å². The maximum Gasteiger partial charge on any atom is 0.326 e. The van der Waals surface area contributed by atoms with Gasteiger partial charge in [-0.05, 0) is 44.0 Å². The van der Waals surface area contributed by atoms with E-state index in [4.69, 9.17) is 0 Å². The summed E-state index contributed by atoms with van der Waals surface area (Å²) >= 11 is 0. The van der Waals surface area contributed by atoms with Crippen LogP contribution in [0.1, 0.15) is 12.8 Å². The number of aromatic amines is 1. The molecular weight excluding hydrogens is 230 g/mol. The molecule has 2 aromatic rings. The third-order valence-electron chi connectivity index (χ3n) is 3.63. The van der Waals surface area contributed by atoms with E-state index in [-0.39, 0.29) is 11.4 Å². The van der Waals surface area contributed by atoms with Crippen LogP contribution in [0.3, 0.4) is 0 Å². The number of aromatic nitrogens is 2. The molecule has 0 radical (unpaired) electrons. The molecule has 1 fully saturated rings. The molecule has 1 saturated heterocycles. The zero-order valence-electron chi connectivity index (χ0n) is 10.1. The second kappa shape index (κ2) is 4.49. The van der Waals surface area contributed by atoms with E-state index in [1.807, 2.05) is 6.07 Å². The Hall–Kier alpha value is -1.75. The summed E-state index contributed by atoms with van der Waals surface area (Å²) in [5.74, 6) is 0.614. The third kappa shape index (κ3) is 1.90. The Morgan fingerprint density at radius 3 is 3.11 bits per heavy atom. The zero-order chi connectivity index (χ0) is 12.5. The normalized spacial score (nSPS) is 20.3. The monoisotopic (exact) mass is 247 g/mol. The summed E-state index contributed by atoms with van der Waals surface area (Å²) < 4.78 is 1.73. The fraction of sp³-hybridized carbons (Fsp3) is 0.462. The first-order valence-electron chi connectivity index (χ1n) is 6.37. The minimum absolute atomic E-state index is 0.130. The first-order valence-corrected chi connectivity index (χ1v) is 6.37. The summed E-state index contributed by atoms with van der Waals surface area (Å²) in [6.45, 7) is 2.73. The molecule has 3 N–H and O–H groups in total. The van der Waals surface area contributed by atoms with Gasteiger partial charge in [-0.3, -0.25) is 4.57 Å². The molecule has 18 heavy (non-hydrogen) atoms. The van der Waals surface area contributed by atoms with Gasteiger partial charge >= 0.3 is 5.69 Å². The average Bonchev–Trinajstić information content (AvgIpc) is 2.70. The van der Waals surface area contributed by atoms with Crippen molar-refractivity contribution < 1.29 is 5.11 Å². The first kappa shape index (κ1) is 11.3. The molecule has 96 valence electrons. The highest BCUT2D eigenvalue weighted by atomic mass is 16.3. The van der Waals surface area contributed by atoms with Crippen molar-refractivity contribution in [2.45, 2.75) is 19.4 Å². The predicted octanol–water partition coefficient (Wildman–Crippen LogP) is 1.03. The molecular formula is C13H17N3O2. The highest BCUT2D eigenvalue weighted by Gasteiger charge is 2.17. The van der Waals surface area contributed by atoms with Gasteiger partial charge in [-0.1, -0.05) is 6.07 Å². The van der Waals surface area contributed by atoms with Gasteiger partial charge in [0.15, 0.2) is 0 Å². The molecule has 3 rings (SSSR count). The fourth-order valence-corrected chi connectivity index (χ4v) is 2.68. The zero-order valence-corrected chi connectivity index (χ0v) is 10.1. The predicted molar refractivity (Wildman–Crippen MR) is 69.8 cm³/mol. The number of H-pyrrole nitrogens is 1. The minimum atomic E-state index is -0.142. The summed E-state index contributed by atoms with van der Waals surface area (Å²) in [5.41, 5.74) is 1.17. The molecule has 0 saturated carbocycles. The van der Waals surface area contributed by atoms with E-state index in [9.17, 15) is 9.90 Å². The van der Waals surface area contributed by atoms with Crippen LogP contribution in [-0.4, -0.2) is 27.7 Å². The number of aromatic hydroxyl groups is 1. The quantitative estimate of drug-likeness (QED) is 0.742. The number of nitrogens with zero attached hydrogens (tertiary/aromatic N) is 1. The lowest BCUT2D eigenvalue weighted by atomic mass is 10.00. The number of phenols is 1. The lowest BCUT2D eigenvalue weighted by Crippen LogP contribution is -2.34. The van der Waals surface area contributed by atoms with Gasteiger partial charge in [0.25, 0.3) is 0 Å². The van der Waals surface area contributed by atoms with Gasteiger partial charge in [0.05, 0.1) is 5.52 Å². The van der Waals surface area contributed by atoms with Crippen LogP contribution in [0, 0.1) is 5.92 Å². The van der Waals surface area contributed by atoms with Gasteiger partial charge in [0.1, 0.15) is 11.3 Å². The Labute approximate surface area is 104 Å². The van der Waals surface area contributed by atoms with E-state index in [0.29, 0.717) is 18.0 Å². The number of nitrogens with one attached hydrogen (secondary N) is 2. The van der Waals surface area contributed by atoms with Crippen LogP contribution < -0.4 is 11.0 Å². The lowest BCUT2D eigenvalue weighted by Gasteiger charge is -2.22. The molecule has 0 spiro atoms. The van der Waals surface area contributed by atoms with Gasteiger partial charge in [-0.25, -0.2) is 4.79 Å². The number of hydrogen-bond acceptors (Lipinski definition) is 3. The van der Waals surface area contributed by atoms with E-state index in [1.165, 1.54) is 0 Å². The number of benzene rings is 1. The summed E-state index contributed by atoms with van der Waals surface area (Å²) in [6, 6.07) is 5.22. The van der Waals surface area contributed by atoms with Gasteiger partial charge < -0.3 is 15.4 Å². The molecule has 0 aliphatic carbocycles. The maximum atomic E-state index is 11.9. The molecule has 1 aromatic carbocycles. The average molecular weight is 247 g/mol. The molecule has 1 aliphatic heterocycles. The summed E-state index contributed by atoms with van der Waals surface area (Å²) in [5, 5.41) is 13.1.